The minimum atomic E-state index is -1.29. The van der Waals surface area contributed by atoms with Crippen molar-refractivity contribution in [2.45, 2.75) is 19.1 Å². The summed E-state index contributed by atoms with van der Waals surface area (Å²) in [6.07, 6.45) is -1.11. The summed E-state index contributed by atoms with van der Waals surface area (Å²) < 4.78 is 5.27. The molecular formula is C25H21N3O6. The van der Waals surface area contributed by atoms with Gasteiger partial charge in [-0.05, 0) is 42.8 Å². The molecule has 2 saturated heterocycles. The van der Waals surface area contributed by atoms with E-state index in [0.717, 1.165) is 10.5 Å². The highest BCUT2D eigenvalue weighted by molar-refractivity contribution is 6.25. The normalized spacial score (nSPS) is 23.8. The fourth-order valence-corrected chi connectivity index (χ4v) is 4.70. The van der Waals surface area contributed by atoms with Crippen molar-refractivity contribution in [2.24, 2.45) is 5.41 Å². The van der Waals surface area contributed by atoms with Gasteiger partial charge in [0.2, 0.25) is 5.91 Å². The average molecular weight is 459 g/mol. The fourth-order valence-electron chi connectivity index (χ4n) is 4.70. The molecule has 0 aromatic heterocycles. The average Bonchev–Trinajstić information content (AvgIpc) is 3.27. The van der Waals surface area contributed by atoms with Crippen LogP contribution in [0.15, 0.2) is 78.9 Å². The Labute approximate surface area is 195 Å². The van der Waals surface area contributed by atoms with Gasteiger partial charge in [0.1, 0.15) is 11.2 Å². The first-order valence-electron chi connectivity index (χ1n) is 10.6. The van der Waals surface area contributed by atoms with Gasteiger partial charge in [0.25, 0.3) is 11.6 Å². The molecule has 2 aliphatic heterocycles. The van der Waals surface area contributed by atoms with Gasteiger partial charge >= 0.3 is 0 Å². The van der Waals surface area contributed by atoms with E-state index >= 15 is 0 Å². The molecule has 0 bridgehead atoms. The Morgan fingerprint density at radius 2 is 1.65 bits per heavy atom. The number of carbonyl (C=O) groups is 2. The fraction of sp³-hybridized carbons (Fsp3) is 0.200. The van der Waals surface area contributed by atoms with Crippen molar-refractivity contribution in [3.05, 3.63) is 94.5 Å². The van der Waals surface area contributed by atoms with Gasteiger partial charge in [-0.3, -0.25) is 24.5 Å². The first-order chi connectivity index (χ1) is 16.4. The minimum Gasteiger partial charge on any atom is -0.497 e. The number of hydrogen-bond acceptors (Lipinski definition) is 7. The zero-order valence-electron chi connectivity index (χ0n) is 18.5. The van der Waals surface area contributed by atoms with Gasteiger partial charge in [-0.1, -0.05) is 36.4 Å². The Morgan fingerprint density at radius 3 is 2.29 bits per heavy atom. The SMILES string of the molecule is COc1ccc([C@@H]2N(c3ccccc3)O[C@@H]3C(=O)N(c4cccc([N+](=O)[O-])c4)C(=O)[C@]32C)cc1. The summed E-state index contributed by atoms with van der Waals surface area (Å²) in [7, 11) is 1.57. The van der Waals surface area contributed by atoms with E-state index in [9.17, 15) is 19.7 Å². The van der Waals surface area contributed by atoms with Crippen molar-refractivity contribution in [3.63, 3.8) is 0 Å². The lowest BCUT2D eigenvalue weighted by molar-refractivity contribution is -0.384. The number of benzene rings is 3. The quantitative estimate of drug-likeness (QED) is 0.322. The molecule has 5 rings (SSSR count). The molecule has 3 aromatic rings. The van der Waals surface area contributed by atoms with E-state index in [1.54, 1.807) is 31.2 Å². The molecule has 0 aliphatic carbocycles. The van der Waals surface area contributed by atoms with Crippen molar-refractivity contribution < 1.29 is 24.1 Å². The number of nitro benzene ring substituents is 1. The van der Waals surface area contributed by atoms with E-state index in [4.69, 9.17) is 9.57 Å². The number of imide groups is 1. The van der Waals surface area contributed by atoms with E-state index in [1.807, 2.05) is 42.5 Å². The Hall–Kier alpha value is -4.24. The predicted molar refractivity (Wildman–Crippen MR) is 123 cm³/mol. The predicted octanol–water partition coefficient (Wildman–Crippen LogP) is 4.04. The van der Waals surface area contributed by atoms with Crippen molar-refractivity contribution in [1.29, 1.82) is 0 Å². The van der Waals surface area contributed by atoms with Gasteiger partial charge in [-0.25, -0.2) is 9.96 Å². The monoisotopic (exact) mass is 459 g/mol. The number of non-ortho nitro benzene ring substituents is 1. The highest BCUT2D eigenvalue weighted by Crippen LogP contribution is 2.55. The first kappa shape index (κ1) is 21.6. The smallest absolute Gasteiger partial charge is 0.271 e. The number of nitrogens with zero attached hydrogens (tertiary/aromatic N) is 3. The Balaban J connectivity index is 1.62. The van der Waals surface area contributed by atoms with Gasteiger partial charge in [-0.2, -0.15) is 0 Å². The molecule has 0 N–H and O–H groups in total. The molecule has 0 spiro atoms. The molecule has 9 nitrogen and oxygen atoms in total. The lowest BCUT2D eigenvalue weighted by atomic mass is 9.76. The van der Waals surface area contributed by atoms with E-state index < -0.39 is 34.3 Å². The molecule has 3 atom stereocenters. The standard InChI is InChI=1S/C25H21N3O6/c1-25-21(16-11-13-20(33-2)14-12-16)27(17-7-4-3-5-8-17)34-22(25)23(29)26(24(25)30)18-9-6-10-19(15-18)28(31)32/h3-15,21-22H,1-2H3/t21-,22+,25-/m0/s1. The zero-order chi connectivity index (χ0) is 24.0. The molecule has 2 amide bonds. The summed E-state index contributed by atoms with van der Waals surface area (Å²) in [5.41, 5.74) is 0.103. The van der Waals surface area contributed by atoms with Gasteiger partial charge in [0, 0.05) is 12.1 Å². The lowest BCUT2D eigenvalue weighted by Crippen LogP contribution is -2.41. The Bertz CT molecular complexity index is 1280. The van der Waals surface area contributed by atoms with Crippen LogP contribution in [0.1, 0.15) is 18.5 Å². The summed E-state index contributed by atoms with van der Waals surface area (Å²) >= 11 is 0. The lowest BCUT2D eigenvalue weighted by Gasteiger charge is -2.32. The molecule has 172 valence electrons. The van der Waals surface area contributed by atoms with Crippen LogP contribution in [0.5, 0.6) is 5.75 Å². The third kappa shape index (κ3) is 3.12. The van der Waals surface area contributed by atoms with Crippen LogP contribution in [0.2, 0.25) is 0 Å². The molecule has 34 heavy (non-hydrogen) atoms. The summed E-state index contributed by atoms with van der Waals surface area (Å²) in [6, 6.07) is 21.3. The number of nitro groups is 1. The van der Waals surface area contributed by atoms with Crippen LogP contribution in [-0.2, 0) is 14.4 Å². The molecule has 2 fully saturated rings. The third-order valence-electron chi connectivity index (χ3n) is 6.42. The van der Waals surface area contributed by atoms with Crippen LogP contribution in [0, 0.1) is 15.5 Å². The number of carbonyl (C=O) groups excluding carboxylic acids is 2. The van der Waals surface area contributed by atoms with Crippen LogP contribution in [0.4, 0.5) is 17.1 Å². The number of fused-ring (bicyclic) bond motifs is 1. The number of para-hydroxylation sites is 1. The van der Waals surface area contributed by atoms with Crippen molar-refractivity contribution >= 4 is 28.9 Å². The summed E-state index contributed by atoms with van der Waals surface area (Å²) in [5, 5.41) is 12.9. The maximum Gasteiger partial charge on any atom is 0.271 e. The molecule has 3 aromatic carbocycles. The van der Waals surface area contributed by atoms with E-state index in [1.165, 1.54) is 24.3 Å². The minimum absolute atomic E-state index is 0.142. The number of ether oxygens (including phenoxy) is 1. The molecule has 0 radical (unpaired) electrons. The second-order valence-electron chi connectivity index (χ2n) is 8.36. The van der Waals surface area contributed by atoms with Crippen LogP contribution in [0.25, 0.3) is 0 Å². The van der Waals surface area contributed by atoms with Crippen LogP contribution >= 0.6 is 0 Å². The van der Waals surface area contributed by atoms with Gasteiger partial charge in [0.05, 0.1) is 29.4 Å². The molecule has 0 unspecified atom stereocenters. The summed E-state index contributed by atoms with van der Waals surface area (Å²) in [4.78, 5) is 45.2. The molecule has 0 saturated carbocycles. The summed E-state index contributed by atoms with van der Waals surface area (Å²) in [6.45, 7) is 1.70. The maximum atomic E-state index is 13.9. The number of amides is 2. The third-order valence-corrected chi connectivity index (χ3v) is 6.42. The van der Waals surface area contributed by atoms with E-state index in [-0.39, 0.29) is 11.4 Å². The number of anilines is 2. The number of methoxy groups -OCH3 is 1. The Morgan fingerprint density at radius 1 is 0.971 bits per heavy atom. The van der Waals surface area contributed by atoms with Gasteiger partial charge < -0.3 is 4.74 Å². The largest absolute Gasteiger partial charge is 0.497 e. The van der Waals surface area contributed by atoms with Gasteiger partial charge in [-0.15, -0.1) is 0 Å². The number of rotatable bonds is 5. The molecule has 2 aliphatic rings. The van der Waals surface area contributed by atoms with Crippen molar-refractivity contribution in [2.75, 3.05) is 17.1 Å². The van der Waals surface area contributed by atoms with Crippen LogP contribution in [0.3, 0.4) is 0 Å². The van der Waals surface area contributed by atoms with Crippen LogP contribution in [-0.4, -0.2) is 30.0 Å². The topological polar surface area (TPSA) is 102 Å². The molecular weight excluding hydrogens is 438 g/mol. The highest BCUT2D eigenvalue weighted by atomic mass is 16.7. The second kappa shape index (κ2) is 7.96. The van der Waals surface area contributed by atoms with Gasteiger partial charge in [0.15, 0.2) is 6.10 Å². The zero-order valence-corrected chi connectivity index (χ0v) is 18.5. The molecule has 9 heteroatoms. The summed E-state index contributed by atoms with van der Waals surface area (Å²) in [5.74, 6) is -0.394. The molecule has 2 heterocycles. The van der Waals surface area contributed by atoms with Crippen molar-refractivity contribution in [1.82, 2.24) is 0 Å². The number of hydroxylamine groups is 1. The van der Waals surface area contributed by atoms with E-state index in [0.29, 0.717) is 11.4 Å². The Kier molecular flexibility index (Phi) is 5.06. The van der Waals surface area contributed by atoms with Crippen LogP contribution < -0.4 is 14.7 Å². The maximum absolute atomic E-state index is 13.9. The second-order valence-corrected chi connectivity index (χ2v) is 8.36. The van der Waals surface area contributed by atoms with Crippen molar-refractivity contribution in [3.8, 4) is 5.75 Å². The highest BCUT2D eigenvalue weighted by Gasteiger charge is 2.68. The van der Waals surface area contributed by atoms with E-state index in [2.05, 4.69) is 0 Å². The first-order valence-corrected chi connectivity index (χ1v) is 10.6. The number of hydrogen-bond donors (Lipinski definition) is 0.